The number of ether oxygens (including phenoxy) is 3. The van der Waals surface area contributed by atoms with Crippen molar-refractivity contribution in [3.05, 3.63) is 99.2 Å². The summed E-state index contributed by atoms with van der Waals surface area (Å²) in [7, 11) is 0. The zero-order valence-electron chi connectivity index (χ0n) is 21.2. The monoisotopic (exact) mass is 534 g/mol. The second kappa shape index (κ2) is 10.8. The Bertz CT molecular complexity index is 1570. The molecule has 0 fully saturated rings. The van der Waals surface area contributed by atoms with Gasteiger partial charge in [-0.25, -0.2) is 9.18 Å². The molecule has 39 heavy (non-hydrogen) atoms. The van der Waals surface area contributed by atoms with Gasteiger partial charge in [0.05, 0.1) is 19.8 Å². The third-order valence-electron chi connectivity index (χ3n) is 6.50. The zero-order chi connectivity index (χ0) is 27.6. The number of carbonyl (C=O) groups excluding carboxylic acids is 1. The molecule has 0 aliphatic carbocycles. The van der Waals surface area contributed by atoms with Gasteiger partial charge < -0.3 is 24.4 Å². The summed E-state index contributed by atoms with van der Waals surface area (Å²) >= 11 is 0. The molecule has 2 aromatic heterocycles. The summed E-state index contributed by atoms with van der Waals surface area (Å²) in [5.74, 6) is -1.10. The lowest BCUT2D eigenvalue weighted by Crippen LogP contribution is -2.45. The van der Waals surface area contributed by atoms with Crippen molar-refractivity contribution in [2.75, 3.05) is 19.8 Å². The maximum Gasteiger partial charge on any atom is 0.347 e. The lowest BCUT2D eigenvalue weighted by molar-refractivity contribution is -0.0553. The minimum absolute atomic E-state index is 0.0212. The smallest absolute Gasteiger partial charge is 0.347 e. The van der Waals surface area contributed by atoms with E-state index in [1.165, 1.54) is 22.9 Å². The molecule has 9 nitrogen and oxygen atoms in total. The van der Waals surface area contributed by atoms with E-state index in [0.29, 0.717) is 5.56 Å². The van der Waals surface area contributed by atoms with E-state index in [1.807, 2.05) is 30.3 Å². The van der Waals surface area contributed by atoms with Crippen LogP contribution in [0.1, 0.15) is 34.0 Å². The third kappa shape index (κ3) is 5.21. The molecule has 1 unspecified atom stereocenters. The molecule has 0 amide bonds. The van der Waals surface area contributed by atoms with Gasteiger partial charge in [0, 0.05) is 18.2 Å². The third-order valence-corrected chi connectivity index (χ3v) is 6.50. The molecule has 1 atom stereocenters. The molecule has 0 saturated heterocycles. The molecule has 1 aliphatic rings. The summed E-state index contributed by atoms with van der Waals surface area (Å²) in [5.41, 5.74) is -0.474. The normalized spacial score (nSPS) is 16.4. The topological polar surface area (TPSA) is 120 Å². The summed E-state index contributed by atoms with van der Waals surface area (Å²) in [6, 6.07) is 15.1. The van der Waals surface area contributed by atoms with Crippen molar-refractivity contribution >= 4 is 17.0 Å². The van der Waals surface area contributed by atoms with E-state index in [4.69, 9.17) is 14.2 Å². The van der Waals surface area contributed by atoms with Crippen molar-refractivity contribution in [1.29, 1.82) is 0 Å². The first-order valence-corrected chi connectivity index (χ1v) is 12.5. The van der Waals surface area contributed by atoms with Crippen LogP contribution in [-0.4, -0.2) is 51.2 Å². The fraction of sp³-hybridized carbons (Fsp3) is 0.276. The molecule has 2 N–H and O–H groups in total. The van der Waals surface area contributed by atoms with Crippen LogP contribution in [0.25, 0.3) is 11.0 Å². The molecule has 0 saturated carbocycles. The lowest BCUT2D eigenvalue weighted by atomic mass is 10.0. The van der Waals surface area contributed by atoms with Gasteiger partial charge in [-0.05, 0) is 30.2 Å². The molecule has 0 spiro atoms. The van der Waals surface area contributed by atoms with Gasteiger partial charge in [0.15, 0.2) is 17.1 Å². The van der Waals surface area contributed by atoms with Gasteiger partial charge in [0.2, 0.25) is 0 Å². The van der Waals surface area contributed by atoms with E-state index in [0.717, 1.165) is 11.1 Å². The molecule has 202 valence electrons. The Balaban J connectivity index is 1.75. The van der Waals surface area contributed by atoms with Gasteiger partial charge in [-0.2, -0.15) is 0 Å². The van der Waals surface area contributed by atoms with Crippen LogP contribution in [0.4, 0.5) is 4.39 Å². The first-order chi connectivity index (χ1) is 18.8. The Morgan fingerprint density at radius 1 is 1.15 bits per heavy atom. The predicted octanol–water partition coefficient (Wildman–Crippen LogP) is 3.00. The Labute approximate surface area is 223 Å². The molecule has 1 aliphatic heterocycles. The highest BCUT2D eigenvalue weighted by Crippen LogP contribution is 2.38. The SMILES string of the molecule is CCOC(=O)c1c(OCc2ccccc2)c2ncc(Cc3ccc(F)cc3)c3c2n(c1=O)CC(O)(CO)CO3. The van der Waals surface area contributed by atoms with E-state index in [-0.39, 0.29) is 66.7 Å². The minimum atomic E-state index is -1.82. The predicted molar refractivity (Wildman–Crippen MR) is 139 cm³/mol. The number of hydrogen-bond acceptors (Lipinski definition) is 8. The number of carbonyl (C=O) groups is 1. The zero-order valence-corrected chi connectivity index (χ0v) is 21.2. The van der Waals surface area contributed by atoms with Crippen LogP contribution in [0.2, 0.25) is 0 Å². The molecule has 2 aromatic carbocycles. The van der Waals surface area contributed by atoms with Crippen molar-refractivity contribution in [3.63, 3.8) is 0 Å². The minimum Gasteiger partial charge on any atom is -0.488 e. The Hall–Kier alpha value is -4.28. The first kappa shape index (κ1) is 26.3. The number of hydrogen-bond donors (Lipinski definition) is 2. The average Bonchev–Trinajstić information content (AvgIpc) is 3.10. The lowest BCUT2D eigenvalue weighted by Gasteiger charge is -2.24. The second-order valence-electron chi connectivity index (χ2n) is 9.37. The van der Waals surface area contributed by atoms with E-state index in [2.05, 4.69) is 4.98 Å². The summed E-state index contributed by atoms with van der Waals surface area (Å²) in [6.07, 6.45) is 1.81. The maximum atomic E-state index is 13.9. The number of aromatic nitrogens is 2. The van der Waals surface area contributed by atoms with Crippen molar-refractivity contribution in [2.45, 2.75) is 32.1 Å². The standard InChI is InChI=1S/C29H27FN2O7/c1-2-37-28(35)22-26(38-14-19-6-4-3-5-7-19)23-24-25(39-17-29(36,16-33)15-32(24)27(22)34)20(13-31-23)12-18-8-10-21(30)11-9-18/h3-11,13,33,36H,2,12,14-17H2,1H3. The van der Waals surface area contributed by atoms with Crippen LogP contribution >= 0.6 is 0 Å². The van der Waals surface area contributed by atoms with Gasteiger partial charge in [-0.15, -0.1) is 0 Å². The van der Waals surface area contributed by atoms with Crippen LogP contribution in [0.5, 0.6) is 11.5 Å². The van der Waals surface area contributed by atoms with Crippen molar-refractivity contribution < 1.29 is 33.6 Å². The number of halogens is 1. The van der Waals surface area contributed by atoms with Crippen molar-refractivity contribution in [2.24, 2.45) is 0 Å². The second-order valence-corrected chi connectivity index (χ2v) is 9.37. The molecule has 5 rings (SSSR count). The highest BCUT2D eigenvalue weighted by atomic mass is 19.1. The summed E-state index contributed by atoms with van der Waals surface area (Å²) in [5, 5.41) is 21.0. The van der Waals surface area contributed by atoms with Crippen molar-refractivity contribution in [1.82, 2.24) is 9.55 Å². The number of nitrogens with zero attached hydrogens (tertiary/aromatic N) is 2. The average molecular weight is 535 g/mol. The Kier molecular flexibility index (Phi) is 7.32. The molecule has 0 bridgehead atoms. The van der Waals surface area contributed by atoms with Crippen LogP contribution < -0.4 is 15.0 Å². The quantitative estimate of drug-likeness (QED) is 0.331. The van der Waals surface area contributed by atoms with Gasteiger partial charge in [0.1, 0.15) is 35.7 Å². The highest BCUT2D eigenvalue weighted by Gasteiger charge is 2.37. The van der Waals surface area contributed by atoms with Gasteiger partial charge in [0.25, 0.3) is 5.56 Å². The summed E-state index contributed by atoms with van der Waals surface area (Å²) < 4.78 is 31.9. The molecule has 3 heterocycles. The van der Waals surface area contributed by atoms with Crippen LogP contribution in [0.3, 0.4) is 0 Å². The Morgan fingerprint density at radius 3 is 2.59 bits per heavy atom. The van der Waals surface area contributed by atoms with E-state index >= 15 is 0 Å². The number of rotatable bonds is 8. The molecule has 0 radical (unpaired) electrons. The molecular formula is C29H27FN2O7. The van der Waals surface area contributed by atoms with Gasteiger partial charge in [-0.3, -0.25) is 14.3 Å². The number of benzene rings is 2. The number of aliphatic hydroxyl groups excluding tert-OH is 1. The van der Waals surface area contributed by atoms with E-state index < -0.39 is 23.7 Å². The first-order valence-electron chi connectivity index (χ1n) is 12.5. The van der Waals surface area contributed by atoms with Crippen LogP contribution in [0, 0.1) is 5.82 Å². The molecular weight excluding hydrogens is 507 g/mol. The number of pyridine rings is 2. The number of aliphatic hydroxyl groups is 2. The largest absolute Gasteiger partial charge is 0.488 e. The van der Waals surface area contributed by atoms with E-state index in [1.54, 1.807) is 19.1 Å². The summed E-state index contributed by atoms with van der Waals surface area (Å²) in [6.45, 7) is 0.298. The fourth-order valence-electron chi connectivity index (χ4n) is 4.55. The van der Waals surface area contributed by atoms with Crippen molar-refractivity contribution in [3.8, 4) is 11.5 Å². The number of esters is 1. The fourth-order valence-corrected chi connectivity index (χ4v) is 4.55. The molecule has 10 heteroatoms. The van der Waals surface area contributed by atoms with Gasteiger partial charge >= 0.3 is 5.97 Å². The summed E-state index contributed by atoms with van der Waals surface area (Å²) in [4.78, 5) is 31.5. The Morgan fingerprint density at radius 2 is 1.90 bits per heavy atom. The maximum absolute atomic E-state index is 13.9. The van der Waals surface area contributed by atoms with Crippen LogP contribution in [0.15, 0.2) is 65.6 Å². The highest BCUT2D eigenvalue weighted by molar-refractivity contribution is 6.00. The van der Waals surface area contributed by atoms with Gasteiger partial charge in [-0.1, -0.05) is 42.5 Å². The van der Waals surface area contributed by atoms with Crippen LogP contribution in [-0.2, 0) is 24.3 Å². The molecule has 4 aromatic rings. The van der Waals surface area contributed by atoms with E-state index in [9.17, 15) is 24.2 Å².